The predicted molar refractivity (Wildman–Crippen MR) is 76.6 cm³/mol. The Morgan fingerprint density at radius 3 is 2.60 bits per heavy atom. The highest BCUT2D eigenvalue weighted by molar-refractivity contribution is 7.88. The Labute approximate surface area is 123 Å². The van der Waals surface area contributed by atoms with Gasteiger partial charge < -0.3 is 10.1 Å². The summed E-state index contributed by atoms with van der Waals surface area (Å²) in [5.74, 6) is 0.296. The lowest BCUT2D eigenvalue weighted by Crippen LogP contribution is -2.31. The Morgan fingerprint density at radius 1 is 1.35 bits per heavy atom. The van der Waals surface area contributed by atoms with Crippen molar-refractivity contribution in [1.29, 1.82) is 0 Å². The number of rotatable bonds is 8. The molecular formula is C10H18ClN5O3S. The molecule has 1 N–H and O–H groups in total. The van der Waals surface area contributed by atoms with Gasteiger partial charge in [-0.1, -0.05) is 6.92 Å². The SMILES string of the molecule is CCN(CCCNc1nc(Cl)nc(OC)n1)S(C)(=O)=O. The molecule has 1 aromatic heterocycles. The summed E-state index contributed by atoms with van der Waals surface area (Å²) in [6, 6.07) is 0.124. The average molecular weight is 324 g/mol. The summed E-state index contributed by atoms with van der Waals surface area (Å²) in [5, 5.41) is 2.98. The smallest absolute Gasteiger partial charge is 0.322 e. The van der Waals surface area contributed by atoms with E-state index in [9.17, 15) is 8.42 Å². The van der Waals surface area contributed by atoms with Crippen molar-refractivity contribution >= 4 is 27.6 Å². The van der Waals surface area contributed by atoms with Crippen molar-refractivity contribution in [3.63, 3.8) is 0 Å². The fraction of sp³-hybridized carbons (Fsp3) is 0.700. The summed E-state index contributed by atoms with van der Waals surface area (Å²) in [6.07, 6.45) is 1.81. The molecule has 20 heavy (non-hydrogen) atoms. The third-order valence-corrected chi connectivity index (χ3v) is 4.01. The van der Waals surface area contributed by atoms with Crippen LogP contribution in [0.1, 0.15) is 13.3 Å². The van der Waals surface area contributed by atoms with E-state index in [1.54, 1.807) is 6.92 Å². The van der Waals surface area contributed by atoms with E-state index >= 15 is 0 Å². The minimum absolute atomic E-state index is 0.0330. The number of halogens is 1. The third kappa shape index (κ3) is 5.43. The van der Waals surface area contributed by atoms with E-state index in [2.05, 4.69) is 20.3 Å². The highest BCUT2D eigenvalue weighted by atomic mass is 35.5. The molecule has 0 unspecified atom stereocenters. The van der Waals surface area contributed by atoms with Crippen LogP contribution >= 0.6 is 11.6 Å². The molecule has 0 aliphatic heterocycles. The highest BCUT2D eigenvalue weighted by Gasteiger charge is 2.13. The largest absolute Gasteiger partial charge is 0.467 e. The maximum atomic E-state index is 11.4. The second-order valence-corrected chi connectivity index (χ2v) is 6.27. The lowest BCUT2D eigenvalue weighted by atomic mass is 10.4. The van der Waals surface area contributed by atoms with Gasteiger partial charge in [0.15, 0.2) is 0 Å². The lowest BCUT2D eigenvalue weighted by molar-refractivity contribution is 0.378. The average Bonchev–Trinajstić information content (AvgIpc) is 2.36. The predicted octanol–water partition coefficient (Wildman–Crippen LogP) is 0.617. The summed E-state index contributed by atoms with van der Waals surface area (Å²) < 4.78 is 29.1. The van der Waals surface area contributed by atoms with E-state index in [0.717, 1.165) is 0 Å². The van der Waals surface area contributed by atoms with Crippen LogP contribution in [0.5, 0.6) is 6.01 Å². The van der Waals surface area contributed by atoms with Crippen LogP contribution < -0.4 is 10.1 Å². The van der Waals surface area contributed by atoms with Crippen LogP contribution in [0.2, 0.25) is 5.28 Å². The van der Waals surface area contributed by atoms with E-state index in [4.69, 9.17) is 16.3 Å². The quantitative estimate of drug-likeness (QED) is 0.700. The molecule has 0 radical (unpaired) electrons. The Bertz CT molecular complexity index is 540. The minimum atomic E-state index is -3.15. The first-order valence-corrected chi connectivity index (χ1v) is 8.24. The molecule has 0 atom stereocenters. The molecule has 0 bridgehead atoms. The number of anilines is 1. The van der Waals surface area contributed by atoms with Crippen LogP contribution in [-0.4, -0.2) is 60.7 Å². The van der Waals surface area contributed by atoms with Gasteiger partial charge in [0.05, 0.1) is 13.4 Å². The van der Waals surface area contributed by atoms with E-state index in [1.807, 2.05) is 0 Å². The molecule has 0 aromatic carbocycles. The number of sulfonamides is 1. The fourth-order valence-corrected chi connectivity index (χ4v) is 2.60. The van der Waals surface area contributed by atoms with Crippen molar-refractivity contribution < 1.29 is 13.2 Å². The van der Waals surface area contributed by atoms with Crippen molar-refractivity contribution in [2.75, 3.05) is 38.3 Å². The van der Waals surface area contributed by atoms with Gasteiger partial charge in [-0.25, -0.2) is 12.7 Å². The Kier molecular flexibility index (Phi) is 6.37. The molecule has 0 aliphatic carbocycles. The number of nitrogens with zero attached hydrogens (tertiary/aromatic N) is 4. The summed E-state index contributed by atoms with van der Waals surface area (Å²) in [4.78, 5) is 11.6. The molecule has 0 spiro atoms. The number of methoxy groups -OCH3 is 1. The van der Waals surface area contributed by atoms with Crippen molar-refractivity contribution in [1.82, 2.24) is 19.3 Å². The highest BCUT2D eigenvalue weighted by Crippen LogP contribution is 2.10. The monoisotopic (exact) mass is 323 g/mol. The van der Waals surface area contributed by atoms with Crippen LogP contribution in [0, 0.1) is 0 Å². The van der Waals surface area contributed by atoms with Crippen LogP contribution in [0.4, 0.5) is 5.95 Å². The first-order valence-electron chi connectivity index (χ1n) is 6.01. The molecule has 8 nitrogen and oxygen atoms in total. The van der Waals surface area contributed by atoms with Crippen LogP contribution in [-0.2, 0) is 10.0 Å². The maximum absolute atomic E-state index is 11.4. The second kappa shape index (κ2) is 7.55. The summed E-state index contributed by atoms with van der Waals surface area (Å²) in [6.45, 7) is 3.18. The van der Waals surface area contributed by atoms with Crippen LogP contribution in [0.25, 0.3) is 0 Å². The number of hydrogen-bond acceptors (Lipinski definition) is 7. The summed E-state index contributed by atoms with van der Waals surface area (Å²) in [5.41, 5.74) is 0. The Hall–Kier alpha value is -1.19. The lowest BCUT2D eigenvalue weighted by Gasteiger charge is -2.17. The van der Waals surface area contributed by atoms with Gasteiger partial charge >= 0.3 is 6.01 Å². The standard InChI is InChI=1S/C10H18ClN5O3S/c1-4-16(20(3,17)18)7-5-6-12-9-13-8(11)14-10(15-9)19-2/h4-7H2,1-3H3,(H,12,13,14,15). The second-order valence-electron chi connectivity index (χ2n) is 3.95. The molecule has 0 fully saturated rings. The third-order valence-electron chi connectivity index (χ3n) is 2.46. The Morgan fingerprint density at radius 2 is 2.05 bits per heavy atom. The van der Waals surface area contributed by atoms with Gasteiger partial charge in [0.2, 0.25) is 21.3 Å². The number of aromatic nitrogens is 3. The number of nitrogens with one attached hydrogen (secondary N) is 1. The molecule has 1 heterocycles. The zero-order valence-electron chi connectivity index (χ0n) is 11.6. The van der Waals surface area contributed by atoms with Gasteiger partial charge in [-0.05, 0) is 18.0 Å². The van der Waals surface area contributed by atoms with Gasteiger partial charge in [-0.2, -0.15) is 15.0 Å². The topological polar surface area (TPSA) is 97.3 Å². The molecule has 10 heteroatoms. The van der Waals surface area contributed by atoms with Crippen LogP contribution in [0.3, 0.4) is 0 Å². The number of ether oxygens (including phenoxy) is 1. The van der Waals surface area contributed by atoms with Gasteiger partial charge in [0.25, 0.3) is 0 Å². The molecule has 1 rings (SSSR count). The zero-order valence-corrected chi connectivity index (χ0v) is 13.2. The van der Waals surface area contributed by atoms with Crippen molar-refractivity contribution in [3.05, 3.63) is 5.28 Å². The van der Waals surface area contributed by atoms with E-state index in [0.29, 0.717) is 32.0 Å². The van der Waals surface area contributed by atoms with Crippen molar-refractivity contribution in [3.8, 4) is 6.01 Å². The molecule has 1 aromatic rings. The summed E-state index contributed by atoms with van der Waals surface area (Å²) >= 11 is 5.70. The molecule has 0 saturated carbocycles. The summed E-state index contributed by atoms with van der Waals surface area (Å²) in [7, 11) is -1.72. The van der Waals surface area contributed by atoms with Crippen LogP contribution in [0.15, 0.2) is 0 Å². The van der Waals surface area contributed by atoms with Crippen molar-refractivity contribution in [2.24, 2.45) is 0 Å². The molecule has 0 amide bonds. The van der Waals surface area contributed by atoms with Gasteiger partial charge in [0.1, 0.15) is 0 Å². The fourth-order valence-electron chi connectivity index (χ4n) is 1.52. The molecule has 114 valence electrons. The molecule has 0 aliphatic rings. The van der Waals surface area contributed by atoms with E-state index in [-0.39, 0.29) is 11.3 Å². The minimum Gasteiger partial charge on any atom is -0.467 e. The first-order chi connectivity index (χ1) is 9.36. The Balaban J connectivity index is 2.47. The van der Waals surface area contributed by atoms with E-state index in [1.165, 1.54) is 17.7 Å². The zero-order chi connectivity index (χ0) is 15.2. The molecular weight excluding hydrogens is 306 g/mol. The van der Waals surface area contributed by atoms with Gasteiger partial charge in [0, 0.05) is 19.6 Å². The maximum Gasteiger partial charge on any atom is 0.322 e. The van der Waals surface area contributed by atoms with Crippen molar-refractivity contribution in [2.45, 2.75) is 13.3 Å². The number of hydrogen-bond donors (Lipinski definition) is 1. The van der Waals surface area contributed by atoms with Gasteiger partial charge in [-0.3, -0.25) is 0 Å². The molecule has 0 saturated heterocycles. The normalized spacial score (nSPS) is 11.7. The first kappa shape index (κ1) is 16.9. The van der Waals surface area contributed by atoms with E-state index < -0.39 is 10.0 Å². The van der Waals surface area contributed by atoms with Gasteiger partial charge in [-0.15, -0.1) is 0 Å².